The first-order valence-electron chi connectivity index (χ1n) is 9.86. The number of nitrogens with one attached hydrogen (secondary N) is 2. The number of urea groups is 1. The zero-order chi connectivity index (χ0) is 22.0. The molecule has 2 amide bonds. The third-order valence-electron chi connectivity index (χ3n) is 5.21. The molecule has 4 rings (SSSR count). The second-order valence-corrected chi connectivity index (χ2v) is 7.96. The van der Waals surface area contributed by atoms with E-state index in [1.54, 1.807) is 42.7 Å². The highest BCUT2D eigenvalue weighted by Gasteiger charge is 2.18. The fraction of sp³-hybridized carbons (Fsp3) is 0.167. The first-order chi connectivity index (χ1) is 14.9. The molecule has 0 spiro atoms. The van der Waals surface area contributed by atoms with Crippen LogP contribution in [0.3, 0.4) is 0 Å². The number of furan rings is 1. The number of hydrogen-bond donors (Lipinski definition) is 2. The molecule has 0 fully saturated rings. The van der Waals surface area contributed by atoms with Crippen molar-refractivity contribution in [2.24, 2.45) is 0 Å². The van der Waals surface area contributed by atoms with E-state index < -0.39 is 0 Å². The minimum atomic E-state index is -0.349. The van der Waals surface area contributed by atoms with Gasteiger partial charge in [0.2, 0.25) is 0 Å². The van der Waals surface area contributed by atoms with E-state index in [9.17, 15) is 9.59 Å². The summed E-state index contributed by atoms with van der Waals surface area (Å²) in [4.78, 5) is 30.2. The molecule has 0 aliphatic heterocycles. The molecule has 0 bridgehead atoms. The number of aryl methyl sites for hydroxylation is 2. The Labute approximate surface area is 184 Å². The quantitative estimate of drug-likeness (QED) is 0.426. The van der Waals surface area contributed by atoms with Crippen LogP contribution in [0.5, 0.6) is 0 Å². The van der Waals surface area contributed by atoms with Gasteiger partial charge in [0.05, 0.1) is 19.4 Å². The fourth-order valence-corrected chi connectivity index (χ4v) is 3.50. The van der Waals surface area contributed by atoms with E-state index in [2.05, 4.69) is 10.3 Å². The summed E-state index contributed by atoms with van der Waals surface area (Å²) in [7, 11) is 0. The van der Waals surface area contributed by atoms with Gasteiger partial charge in [-0.05, 0) is 85.0 Å². The van der Waals surface area contributed by atoms with Crippen LogP contribution in [0.25, 0.3) is 10.9 Å². The minimum absolute atomic E-state index is 0.123. The number of carbonyl (C=O) groups is 1. The number of hydrogen-bond acceptors (Lipinski definition) is 3. The van der Waals surface area contributed by atoms with E-state index in [0.29, 0.717) is 22.0 Å². The number of benzene rings is 2. The number of amides is 2. The first-order valence-corrected chi connectivity index (χ1v) is 10.2. The van der Waals surface area contributed by atoms with E-state index in [-0.39, 0.29) is 24.7 Å². The van der Waals surface area contributed by atoms with Crippen molar-refractivity contribution in [1.82, 2.24) is 9.88 Å². The molecular formula is C24H22ClN3O3. The number of anilines is 1. The summed E-state index contributed by atoms with van der Waals surface area (Å²) < 4.78 is 5.42. The molecular weight excluding hydrogens is 414 g/mol. The standard InChI is InChI=1S/C24H22ClN3O3/c1-15-10-17-12-18(23(29)27-22(17)11-16(15)2)13-28(14-21-4-3-9-31-21)24(30)26-20-7-5-19(25)6-8-20/h3-12H,13-14H2,1-2H3,(H,26,30)(H,27,29). The highest BCUT2D eigenvalue weighted by molar-refractivity contribution is 6.30. The van der Waals surface area contributed by atoms with Gasteiger partial charge in [-0.25, -0.2) is 4.79 Å². The van der Waals surface area contributed by atoms with Crippen LogP contribution < -0.4 is 10.9 Å². The summed E-state index contributed by atoms with van der Waals surface area (Å²) in [6.45, 7) is 4.38. The Morgan fingerprint density at radius 3 is 2.52 bits per heavy atom. The molecule has 31 heavy (non-hydrogen) atoms. The molecule has 6 nitrogen and oxygen atoms in total. The summed E-state index contributed by atoms with van der Waals surface area (Å²) in [6, 6.07) is 15.9. The second kappa shape index (κ2) is 8.70. The second-order valence-electron chi connectivity index (χ2n) is 7.52. The number of H-pyrrole nitrogens is 1. The van der Waals surface area contributed by atoms with Crippen LogP contribution in [0.4, 0.5) is 10.5 Å². The van der Waals surface area contributed by atoms with Crippen molar-refractivity contribution in [2.75, 3.05) is 5.32 Å². The molecule has 0 saturated heterocycles. The number of aromatic amines is 1. The van der Waals surface area contributed by atoms with E-state index >= 15 is 0 Å². The molecule has 0 aliphatic rings. The normalized spacial score (nSPS) is 10.9. The van der Waals surface area contributed by atoms with Crippen LogP contribution in [-0.2, 0) is 13.1 Å². The average molecular weight is 436 g/mol. The highest BCUT2D eigenvalue weighted by atomic mass is 35.5. The van der Waals surface area contributed by atoms with E-state index in [1.165, 1.54) is 4.90 Å². The number of nitrogens with zero attached hydrogens (tertiary/aromatic N) is 1. The number of pyridine rings is 1. The lowest BCUT2D eigenvalue weighted by atomic mass is 10.0. The monoisotopic (exact) mass is 435 g/mol. The van der Waals surface area contributed by atoms with Crippen molar-refractivity contribution in [3.05, 3.63) is 98.7 Å². The molecule has 2 N–H and O–H groups in total. The lowest BCUT2D eigenvalue weighted by Crippen LogP contribution is -2.35. The molecule has 2 aromatic carbocycles. The van der Waals surface area contributed by atoms with Crippen molar-refractivity contribution in [3.63, 3.8) is 0 Å². The Kier molecular flexibility index (Phi) is 5.82. The Morgan fingerprint density at radius 1 is 1.06 bits per heavy atom. The lowest BCUT2D eigenvalue weighted by molar-refractivity contribution is 0.201. The van der Waals surface area contributed by atoms with Crippen LogP contribution >= 0.6 is 11.6 Å². The van der Waals surface area contributed by atoms with Gasteiger partial charge in [-0.1, -0.05) is 11.6 Å². The number of carbonyl (C=O) groups excluding carboxylic acids is 1. The van der Waals surface area contributed by atoms with Crippen LogP contribution in [-0.4, -0.2) is 15.9 Å². The zero-order valence-corrected chi connectivity index (χ0v) is 18.0. The fourth-order valence-electron chi connectivity index (χ4n) is 3.37. The lowest BCUT2D eigenvalue weighted by Gasteiger charge is -2.22. The molecule has 0 unspecified atom stereocenters. The van der Waals surface area contributed by atoms with Gasteiger partial charge in [0.1, 0.15) is 5.76 Å². The van der Waals surface area contributed by atoms with Gasteiger partial charge in [0.15, 0.2) is 0 Å². The number of fused-ring (bicyclic) bond motifs is 1. The maximum Gasteiger partial charge on any atom is 0.322 e. The van der Waals surface area contributed by atoms with Crippen molar-refractivity contribution in [3.8, 4) is 0 Å². The topological polar surface area (TPSA) is 78.3 Å². The number of rotatable bonds is 5. The van der Waals surface area contributed by atoms with Crippen LogP contribution in [0.1, 0.15) is 22.5 Å². The van der Waals surface area contributed by atoms with Crippen molar-refractivity contribution in [1.29, 1.82) is 0 Å². The maximum absolute atomic E-state index is 13.0. The van der Waals surface area contributed by atoms with Gasteiger partial charge in [0, 0.05) is 21.8 Å². The Morgan fingerprint density at radius 2 is 1.81 bits per heavy atom. The largest absolute Gasteiger partial charge is 0.467 e. The third kappa shape index (κ3) is 4.81. The zero-order valence-electron chi connectivity index (χ0n) is 17.2. The van der Waals surface area contributed by atoms with Gasteiger partial charge in [-0.2, -0.15) is 0 Å². The van der Waals surface area contributed by atoms with Gasteiger partial charge >= 0.3 is 6.03 Å². The summed E-state index contributed by atoms with van der Waals surface area (Å²) in [5.74, 6) is 0.620. The molecule has 0 atom stereocenters. The SMILES string of the molecule is Cc1cc2cc(CN(Cc3ccco3)C(=O)Nc3ccc(Cl)cc3)c(=O)[nH]c2cc1C. The number of halogens is 1. The highest BCUT2D eigenvalue weighted by Crippen LogP contribution is 2.19. The van der Waals surface area contributed by atoms with Crippen LogP contribution in [0.2, 0.25) is 5.02 Å². The summed E-state index contributed by atoms with van der Waals surface area (Å²) in [6.07, 6.45) is 1.55. The van der Waals surface area contributed by atoms with Crippen LogP contribution in [0.15, 0.2) is 70.1 Å². The molecule has 2 heterocycles. The Bertz CT molecular complexity index is 1280. The Balaban J connectivity index is 1.64. The molecule has 0 radical (unpaired) electrons. The van der Waals surface area contributed by atoms with Gasteiger partial charge in [0.25, 0.3) is 5.56 Å². The molecule has 158 valence electrons. The van der Waals surface area contributed by atoms with Gasteiger partial charge in [-0.3, -0.25) is 4.79 Å². The van der Waals surface area contributed by atoms with E-state index in [1.807, 2.05) is 32.0 Å². The van der Waals surface area contributed by atoms with Crippen molar-refractivity contribution in [2.45, 2.75) is 26.9 Å². The van der Waals surface area contributed by atoms with Crippen LogP contribution in [0, 0.1) is 13.8 Å². The van der Waals surface area contributed by atoms with Crippen molar-refractivity contribution >= 4 is 34.2 Å². The first kappa shape index (κ1) is 20.8. The molecule has 2 aromatic heterocycles. The predicted molar refractivity (Wildman–Crippen MR) is 122 cm³/mol. The summed E-state index contributed by atoms with van der Waals surface area (Å²) >= 11 is 5.93. The van der Waals surface area contributed by atoms with Crippen molar-refractivity contribution < 1.29 is 9.21 Å². The molecule has 0 aliphatic carbocycles. The maximum atomic E-state index is 13.0. The van der Waals surface area contributed by atoms with E-state index in [4.69, 9.17) is 16.0 Å². The van der Waals surface area contributed by atoms with Gasteiger partial charge in [-0.15, -0.1) is 0 Å². The predicted octanol–water partition coefficient (Wildman–Crippen LogP) is 5.63. The molecule has 4 aromatic rings. The smallest absolute Gasteiger partial charge is 0.322 e. The number of aromatic nitrogens is 1. The van der Waals surface area contributed by atoms with Gasteiger partial charge < -0.3 is 19.6 Å². The average Bonchev–Trinajstić information content (AvgIpc) is 3.24. The Hall–Kier alpha value is -3.51. The third-order valence-corrected chi connectivity index (χ3v) is 5.46. The molecule has 0 saturated carbocycles. The summed E-state index contributed by atoms with van der Waals surface area (Å²) in [5, 5.41) is 4.36. The van der Waals surface area contributed by atoms with E-state index in [0.717, 1.165) is 22.0 Å². The summed E-state index contributed by atoms with van der Waals surface area (Å²) in [5.41, 5.74) is 3.90. The molecule has 7 heteroatoms. The minimum Gasteiger partial charge on any atom is -0.467 e.